The Balaban J connectivity index is 2.26. The van der Waals surface area contributed by atoms with Crippen molar-refractivity contribution >= 4 is 22.2 Å². The summed E-state index contributed by atoms with van der Waals surface area (Å²) in [6.07, 6.45) is 0. The molecular formula is C18H20N2O2S. The van der Waals surface area contributed by atoms with Gasteiger partial charge < -0.3 is 10.1 Å². The zero-order valence-electron chi connectivity index (χ0n) is 13.8. The van der Waals surface area contributed by atoms with Crippen LogP contribution in [0.5, 0.6) is 5.75 Å². The maximum Gasteiger partial charge on any atom is 0.256 e. The summed E-state index contributed by atoms with van der Waals surface area (Å²) in [4.78, 5) is 12.4. The van der Waals surface area contributed by atoms with Crippen LogP contribution >= 0.6 is 11.3 Å². The maximum absolute atomic E-state index is 12.4. The van der Waals surface area contributed by atoms with Crippen molar-refractivity contribution in [2.45, 2.75) is 33.1 Å². The van der Waals surface area contributed by atoms with Crippen molar-refractivity contribution < 1.29 is 9.53 Å². The first kappa shape index (κ1) is 17.0. The molecule has 0 aliphatic carbocycles. The van der Waals surface area contributed by atoms with Crippen LogP contribution in [0.3, 0.4) is 0 Å². The highest BCUT2D eigenvalue weighted by Gasteiger charge is 2.23. The van der Waals surface area contributed by atoms with Crippen LogP contribution in [0.15, 0.2) is 29.6 Å². The number of carbonyl (C=O) groups excluding carboxylic acids is 1. The fourth-order valence-electron chi connectivity index (χ4n) is 2.18. The first-order valence-electron chi connectivity index (χ1n) is 7.43. The van der Waals surface area contributed by atoms with Gasteiger partial charge in [-0.25, -0.2) is 0 Å². The number of nitriles is 1. The van der Waals surface area contributed by atoms with Gasteiger partial charge in [-0.15, -0.1) is 11.3 Å². The van der Waals surface area contributed by atoms with Gasteiger partial charge in [0, 0.05) is 5.56 Å². The fraction of sp³-hybridized carbons (Fsp3) is 0.333. The summed E-state index contributed by atoms with van der Waals surface area (Å²) in [5.74, 6) is 0.410. The van der Waals surface area contributed by atoms with Crippen molar-refractivity contribution in [3.05, 3.63) is 46.3 Å². The highest BCUT2D eigenvalue weighted by atomic mass is 32.1. The third-order valence-corrected chi connectivity index (χ3v) is 4.24. The van der Waals surface area contributed by atoms with E-state index < -0.39 is 0 Å². The predicted molar refractivity (Wildman–Crippen MR) is 93.3 cm³/mol. The molecule has 0 aliphatic heterocycles. The Hall–Kier alpha value is -2.32. The number of amides is 1. The van der Waals surface area contributed by atoms with E-state index >= 15 is 0 Å². The predicted octanol–water partition coefficient (Wildman–Crippen LogP) is 4.57. The second kappa shape index (κ2) is 6.84. The second-order valence-electron chi connectivity index (χ2n) is 6.13. The van der Waals surface area contributed by atoms with E-state index in [-0.39, 0.29) is 11.3 Å². The standard InChI is InChI=1S/C18H20N2O2S/c1-5-22-13-8-6-7-12(9-13)16(21)20-17-14(10-19)15(11-23-17)18(2,3)4/h6-9,11H,5H2,1-4H3,(H,20,21). The molecule has 0 unspecified atom stereocenters. The topological polar surface area (TPSA) is 62.1 Å². The fourth-order valence-corrected chi connectivity index (χ4v) is 3.31. The summed E-state index contributed by atoms with van der Waals surface area (Å²) < 4.78 is 5.41. The van der Waals surface area contributed by atoms with Gasteiger partial charge in [-0.2, -0.15) is 5.26 Å². The van der Waals surface area contributed by atoms with Gasteiger partial charge in [-0.1, -0.05) is 26.8 Å². The Morgan fingerprint density at radius 3 is 2.74 bits per heavy atom. The van der Waals surface area contributed by atoms with Crippen LogP contribution in [0.25, 0.3) is 0 Å². The lowest BCUT2D eigenvalue weighted by atomic mass is 9.86. The van der Waals surface area contributed by atoms with Crippen LogP contribution in [0.1, 0.15) is 49.2 Å². The molecule has 1 aromatic carbocycles. The molecule has 5 heteroatoms. The van der Waals surface area contributed by atoms with E-state index in [0.29, 0.717) is 28.5 Å². The summed E-state index contributed by atoms with van der Waals surface area (Å²) in [6, 6.07) is 9.22. The monoisotopic (exact) mass is 328 g/mol. The maximum atomic E-state index is 12.4. The Morgan fingerprint density at radius 2 is 2.13 bits per heavy atom. The SMILES string of the molecule is CCOc1cccc(C(=O)Nc2scc(C(C)(C)C)c2C#N)c1. The van der Waals surface area contributed by atoms with Crippen molar-refractivity contribution in [2.24, 2.45) is 0 Å². The second-order valence-corrected chi connectivity index (χ2v) is 7.01. The third kappa shape index (κ3) is 3.91. The number of ether oxygens (including phenoxy) is 1. The lowest BCUT2D eigenvalue weighted by Crippen LogP contribution is -2.14. The highest BCUT2D eigenvalue weighted by Crippen LogP contribution is 2.35. The van der Waals surface area contributed by atoms with Gasteiger partial charge in [0.05, 0.1) is 12.2 Å². The van der Waals surface area contributed by atoms with E-state index in [1.165, 1.54) is 11.3 Å². The van der Waals surface area contributed by atoms with Crippen LogP contribution in [0.4, 0.5) is 5.00 Å². The zero-order valence-corrected chi connectivity index (χ0v) is 14.6. The number of carbonyl (C=O) groups is 1. The third-order valence-electron chi connectivity index (χ3n) is 3.35. The molecule has 1 amide bonds. The van der Waals surface area contributed by atoms with E-state index in [9.17, 15) is 10.1 Å². The van der Waals surface area contributed by atoms with Crippen molar-refractivity contribution in [1.82, 2.24) is 0 Å². The van der Waals surface area contributed by atoms with Crippen LogP contribution in [0.2, 0.25) is 0 Å². The van der Waals surface area contributed by atoms with E-state index in [4.69, 9.17) is 4.74 Å². The largest absolute Gasteiger partial charge is 0.494 e. The molecule has 0 fully saturated rings. The van der Waals surface area contributed by atoms with E-state index in [1.54, 1.807) is 18.2 Å². The molecule has 0 atom stereocenters. The molecule has 1 N–H and O–H groups in total. The first-order valence-corrected chi connectivity index (χ1v) is 8.31. The molecule has 0 bridgehead atoms. The zero-order chi connectivity index (χ0) is 17.0. The van der Waals surface area contributed by atoms with Crippen LogP contribution in [-0.4, -0.2) is 12.5 Å². The van der Waals surface area contributed by atoms with Gasteiger partial charge in [0.1, 0.15) is 16.8 Å². The average molecular weight is 328 g/mol. The van der Waals surface area contributed by atoms with E-state index in [0.717, 1.165) is 5.56 Å². The Morgan fingerprint density at radius 1 is 1.39 bits per heavy atom. The van der Waals surface area contributed by atoms with Crippen molar-refractivity contribution in [2.75, 3.05) is 11.9 Å². The number of thiophene rings is 1. The summed E-state index contributed by atoms with van der Waals surface area (Å²) in [5.41, 5.74) is 1.85. The first-order chi connectivity index (χ1) is 10.9. The number of hydrogen-bond acceptors (Lipinski definition) is 4. The van der Waals surface area contributed by atoms with Crippen LogP contribution in [0, 0.1) is 11.3 Å². The van der Waals surface area contributed by atoms with Crippen LogP contribution in [-0.2, 0) is 5.41 Å². The Labute approximate surface area is 140 Å². The van der Waals surface area contributed by atoms with Crippen molar-refractivity contribution in [3.63, 3.8) is 0 Å². The highest BCUT2D eigenvalue weighted by molar-refractivity contribution is 7.14. The number of benzene rings is 1. The molecule has 1 heterocycles. The molecule has 0 aliphatic rings. The number of nitrogens with one attached hydrogen (secondary N) is 1. The summed E-state index contributed by atoms with van der Waals surface area (Å²) >= 11 is 1.38. The van der Waals surface area contributed by atoms with Gasteiger partial charge >= 0.3 is 0 Å². The Kier molecular flexibility index (Phi) is 5.07. The molecule has 2 rings (SSSR count). The Bertz CT molecular complexity index is 751. The number of nitrogens with zero attached hydrogens (tertiary/aromatic N) is 1. The molecule has 2 aromatic rings. The lowest BCUT2D eigenvalue weighted by Gasteiger charge is -2.17. The van der Waals surface area contributed by atoms with Gasteiger partial charge in [0.15, 0.2) is 0 Å². The van der Waals surface area contributed by atoms with Crippen molar-refractivity contribution in [3.8, 4) is 11.8 Å². The molecule has 120 valence electrons. The molecule has 0 saturated heterocycles. The van der Waals surface area contributed by atoms with E-state index in [1.807, 2.05) is 39.1 Å². The number of rotatable bonds is 4. The molecule has 0 radical (unpaired) electrons. The minimum Gasteiger partial charge on any atom is -0.494 e. The lowest BCUT2D eigenvalue weighted by molar-refractivity contribution is 0.102. The molecule has 1 aromatic heterocycles. The summed E-state index contributed by atoms with van der Waals surface area (Å²) in [6.45, 7) is 8.59. The summed E-state index contributed by atoms with van der Waals surface area (Å²) in [5, 5.41) is 14.8. The quantitative estimate of drug-likeness (QED) is 0.894. The minimum absolute atomic E-state index is 0.139. The molecule has 0 spiro atoms. The number of hydrogen-bond donors (Lipinski definition) is 1. The number of anilines is 1. The smallest absolute Gasteiger partial charge is 0.256 e. The summed E-state index contributed by atoms with van der Waals surface area (Å²) in [7, 11) is 0. The van der Waals surface area contributed by atoms with Gasteiger partial charge in [-0.05, 0) is 41.5 Å². The molecule has 4 nitrogen and oxygen atoms in total. The minimum atomic E-state index is -0.245. The van der Waals surface area contributed by atoms with Gasteiger partial charge in [0.25, 0.3) is 5.91 Å². The van der Waals surface area contributed by atoms with Gasteiger partial charge in [-0.3, -0.25) is 4.79 Å². The van der Waals surface area contributed by atoms with Crippen molar-refractivity contribution in [1.29, 1.82) is 5.26 Å². The van der Waals surface area contributed by atoms with Gasteiger partial charge in [0.2, 0.25) is 0 Å². The molecule has 23 heavy (non-hydrogen) atoms. The average Bonchev–Trinajstić information content (AvgIpc) is 2.90. The molecule has 0 saturated carbocycles. The normalized spacial score (nSPS) is 10.9. The van der Waals surface area contributed by atoms with Crippen LogP contribution < -0.4 is 10.1 Å². The molecular weight excluding hydrogens is 308 g/mol. The van der Waals surface area contributed by atoms with E-state index in [2.05, 4.69) is 11.4 Å².